The van der Waals surface area contributed by atoms with Crippen molar-refractivity contribution in [2.24, 2.45) is 0 Å². The number of hydrogen-bond acceptors (Lipinski definition) is 3. The molecule has 1 aromatic carbocycles. The van der Waals surface area contributed by atoms with Gasteiger partial charge in [-0.15, -0.1) is 0 Å². The highest BCUT2D eigenvalue weighted by atomic mass is 16.2. The molecule has 1 unspecified atom stereocenters. The molecule has 0 radical (unpaired) electrons. The van der Waals surface area contributed by atoms with Crippen molar-refractivity contribution < 1.29 is 14.4 Å². The number of carbonyl (C=O) groups is 3. The molecule has 0 saturated heterocycles. The van der Waals surface area contributed by atoms with Gasteiger partial charge in [0.15, 0.2) is 0 Å². The average molecular weight is 368 g/mol. The van der Waals surface area contributed by atoms with E-state index in [1.165, 1.54) is 25.6 Å². The van der Waals surface area contributed by atoms with Crippen LogP contribution in [0.4, 0.5) is 4.79 Å². The van der Waals surface area contributed by atoms with Crippen molar-refractivity contribution in [3.05, 3.63) is 47.7 Å². The van der Waals surface area contributed by atoms with Crippen molar-refractivity contribution in [3.8, 4) is 0 Å². The monoisotopic (exact) mass is 368 g/mol. The van der Waals surface area contributed by atoms with Crippen molar-refractivity contribution in [2.75, 3.05) is 13.6 Å². The zero-order chi connectivity index (χ0) is 19.7. The zero-order valence-corrected chi connectivity index (χ0v) is 15.8. The van der Waals surface area contributed by atoms with Gasteiger partial charge in [0.2, 0.25) is 11.8 Å². The fourth-order valence-electron chi connectivity index (χ4n) is 3.54. The van der Waals surface area contributed by atoms with Crippen LogP contribution in [0.15, 0.2) is 30.9 Å². The maximum atomic E-state index is 12.5. The molecule has 1 aromatic heterocycles. The van der Waals surface area contributed by atoms with Gasteiger partial charge in [-0.3, -0.25) is 14.5 Å². The topological polar surface area (TPSA) is 85.5 Å². The number of imide groups is 1. The van der Waals surface area contributed by atoms with Gasteiger partial charge in [0.1, 0.15) is 0 Å². The molecule has 0 spiro atoms. The van der Waals surface area contributed by atoms with Crippen LogP contribution in [0.5, 0.6) is 0 Å². The molecule has 0 saturated carbocycles. The van der Waals surface area contributed by atoms with E-state index in [2.05, 4.69) is 29.9 Å². The van der Waals surface area contributed by atoms with Crippen LogP contribution in [0.3, 0.4) is 0 Å². The molecule has 0 aliphatic carbocycles. The number of benzene rings is 1. The number of amides is 4. The lowest BCUT2D eigenvalue weighted by molar-refractivity contribution is -0.125. The molecule has 1 atom stereocenters. The Balaban J connectivity index is 1.88. The number of aromatic nitrogens is 1. The Kier molecular flexibility index (Phi) is 5.03. The summed E-state index contributed by atoms with van der Waals surface area (Å²) in [4.78, 5) is 41.6. The summed E-state index contributed by atoms with van der Waals surface area (Å²) in [5.74, 6) is -0.352. The number of fused-ring (bicyclic) bond motifs is 3. The summed E-state index contributed by atoms with van der Waals surface area (Å²) in [6, 6.07) is 5.74. The summed E-state index contributed by atoms with van der Waals surface area (Å²) in [5, 5.41) is 3.89. The van der Waals surface area contributed by atoms with E-state index in [-0.39, 0.29) is 23.8 Å². The Bertz CT molecular complexity index is 931. The minimum absolute atomic E-state index is 0.129. The molecule has 7 heteroatoms. The number of H-pyrrole nitrogens is 1. The van der Waals surface area contributed by atoms with Crippen LogP contribution in [-0.2, 0) is 22.7 Å². The van der Waals surface area contributed by atoms with Crippen molar-refractivity contribution >= 4 is 28.7 Å². The van der Waals surface area contributed by atoms with E-state index in [9.17, 15) is 14.4 Å². The number of hydrogen-bond donors (Lipinski definition) is 2. The van der Waals surface area contributed by atoms with E-state index in [4.69, 9.17) is 0 Å². The summed E-state index contributed by atoms with van der Waals surface area (Å²) in [7, 11) is 1.50. The Labute approximate surface area is 158 Å². The number of aromatic amines is 1. The van der Waals surface area contributed by atoms with E-state index in [0.29, 0.717) is 19.6 Å². The number of rotatable bonds is 3. The van der Waals surface area contributed by atoms with Gasteiger partial charge < -0.3 is 15.2 Å². The first kappa shape index (κ1) is 18.7. The summed E-state index contributed by atoms with van der Waals surface area (Å²) < 4.78 is 0. The van der Waals surface area contributed by atoms with E-state index in [1.54, 1.807) is 4.90 Å². The Morgan fingerprint density at radius 3 is 2.81 bits per heavy atom. The Morgan fingerprint density at radius 1 is 1.41 bits per heavy atom. The van der Waals surface area contributed by atoms with E-state index in [1.807, 2.05) is 12.1 Å². The number of nitrogens with one attached hydrogen (secondary N) is 2. The van der Waals surface area contributed by atoms with Gasteiger partial charge in [0, 0.05) is 49.6 Å². The van der Waals surface area contributed by atoms with Gasteiger partial charge >= 0.3 is 6.03 Å². The summed E-state index contributed by atoms with van der Waals surface area (Å²) >= 11 is 0. The third-order valence-electron chi connectivity index (χ3n) is 5.00. The van der Waals surface area contributed by atoms with Crippen LogP contribution in [0.2, 0.25) is 0 Å². The number of carbonyl (C=O) groups excluding carboxylic acids is 3. The molecule has 1 aliphatic rings. The van der Waals surface area contributed by atoms with Crippen molar-refractivity contribution in [3.63, 3.8) is 0 Å². The highest BCUT2D eigenvalue weighted by molar-refractivity contribution is 5.93. The van der Waals surface area contributed by atoms with Crippen molar-refractivity contribution in [1.82, 2.24) is 20.1 Å². The van der Waals surface area contributed by atoms with Crippen LogP contribution < -0.4 is 5.32 Å². The lowest BCUT2D eigenvalue weighted by Gasteiger charge is -2.33. The van der Waals surface area contributed by atoms with Crippen LogP contribution in [0.1, 0.15) is 36.6 Å². The lowest BCUT2D eigenvalue weighted by atomic mass is 9.93. The highest BCUT2D eigenvalue weighted by Crippen LogP contribution is 2.35. The zero-order valence-electron chi connectivity index (χ0n) is 15.8. The third-order valence-corrected chi connectivity index (χ3v) is 5.00. The predicted molar refractivity (Wildman–Crippen MR) is 103 cm³/mol. The number of urea groups is 1. The second-order valence-corrected chi connectivity index (χ2v) is 6.96. The minimum Gasteiger partial charge on any atom is -0.357 e. The quantitative estimate of drug-likeness (QED) is 0.816. The first-order valence-electron chi connectivity index (χ1n) is 8.88. The molecule has 27 heavy (non-hydrogen) atoms. The van der Waals surface area contributed by atoms with Crippen LogP contribution in [-0.4, -0.2) is 46.2 Å². The largest absolute Gasteiger partial charge is 0.357 e. The van der Waals surface area contributed by atoms with Crippen molar-refractivity contribution in [2.45, 2.75) is 32.9 Å². The van der Waals surface area contributed by atoms with Crippen molar-refractivity contribution in [1.29, 1.82) is 0 Å². The van der Waals surface area contributed by atoms with Crippen LogP contribution >= 0.6 is 0 Å². The van der Waals surface area contributed by atoms with Gasteiger partial charge in [-0.25, -0.2) is 4.79 Å². The number of nitrogens with zero attached hydrogens (tertiary/aromatic N) is 2. The van der Waals surface area contributed by atoms with E-state index < -0.39 is 0 Å². The molecule has 2 heterocycles. The standard InChI is InChI=1S/C20H24N4O3/c1-5-18(26)21-9-14-6-7-16-15(8-14)19-12(2)10-24(11-17(19)22-16)20(27)23(4)13(3)25/h5-8,12,22H,1,9-11H2,2-4H3,(H,21,26). The molecule has 0 fully saturated rings. The molecular formula is C20H24N4O3. The molecule has 1 aliphatic heterocycles. The maximum Gasteiger partial charge on any atom is 0.326 e. The average Bonchev–Trinajstić information content (AvgIpc) is 3.02. The van der Waals surface area contributed by atoms with Gasteiger partial charge in [-0.1, -0.05) is 19.6 Å². The fourth-order valence-corrected chi connectivity index (χ4v) is 3.54. The third kappa shape index (κ3) is 3.58. The second kappa shape index (κ2) is 7.26. The molecule has 142 valence electrons. The molecule has 3 rings (SSSR count). The molecule has 0 bridgehead atoms. The summed E-state index contributed by atoms with van der Waals surface area (Å²) in [6.07, 6.45) is 1.25. The van der Waals surface area contributed by atoms with Gasteiger partial charge in [0.25, 0.3) is 0 Å². The Morgan fingerprint density at radius 2 is 2.15 bits per heavy atom. The summed E-state index contributed by atoms with van der Waals surface area (Å²) in [5.41, 5.74) is 4.18. The molecule has 4 amide bonds. The first-order chi connectivity index (χ1) is 12.8. The highest BCUT2D eigenvalue weighted by Gasteiger charge is 2.31. The van der Waals surface area contributed by atoms with E-state index >= 15 is 0 Å². The Hall–Kier alpha value is -3.09. The minimum atomic E-state index is -0.286. The SMILES string of the molecule is C=CC(=O)NCc1ccc2[nH]c3c(c2c1)C(C)CN(C(=O)N(C)C(C)=O)C3. The van der Waals surface area contributed by atoms with Crippen LogP contribution in [0.25, 0.3) is 10.9 Å². The molecule has 2 N–H and O–H groups in total. The maximum absolute atomic E-state index is 12.5. The van der Waals surface area contributed by atoms with Gasteiger partial charge in [-0.2, -0.15) is 0 Å². The molecule has 7 nitrogen and oxygen atoms in total. The van der Waals surface area contributed by atoms with Gasteiger partial charge in [-0.05, 0) is 29.3 Å². The van der Waals surface area contributed by atoms with E-state index in [0.717, 1.165) is 27.1 Å². The fraction of sp³-hybridized carbons (Fsp3) is 0.350. The normalized spacial score (nSPS) is 16.0. The second-order valence-electron chi connectivity index (χ2n) is 6.96. The van der Waals surface area contributed by atoms with Crippen LogP contribution in [0, 0.1) is 0 Å². The first-order valence-corrected chi connectivity index (χ1v) is 8.88. The predicted octanol–water partition coefficient (Wildman–Crippen LogP) is 2.49. The molecule has 2 aromatic rings. The summed E-state index contributed by atoms with van der Waals surface area (Å²) in [6.45, 7) is 8.33. The van der Waals surface area contributed by atoms with Gasteiger partial charge in [0.05, 0.1) is 6.54 Å². The lowest BCUT2D eigenvalue weighted by Crippen LogP contribution is -2.46. The smallest absolute Gasteiger partial charge is 0.326 e. The molecular weight excluding hydrogens is 344 g/mol.